The predicted octanol–water partition coefficient (Wildman–Crippen LogP) is 0.806. The highest BCUT2D eigenvalue weighted by molar-refractivity contribution is 6.00. The fraction of sp³-hybridized carbons (Fsp3) is 0.889. The summed E-state index contributed by atoms with van der Waals surface area (Å²) in [5, 5.41) is 8.32. The minimum Gasteiger partial charge on any atom is -0.365 e. The van der Waals surface area contributed by atoms with Gasteiger partial charge in [0.05, 0.1) is 6.10 Å². The summed E-state index contributed by atoms with van der Waals surface area (Å²) in [6.07, 6.45) is 2.81. The van der Waals surface area contributed by atoms with E-state index in [0.717, 1.165) is 52.1 Å². The van der Waals surface area contributed by atoms with Crippen molar-refractivity contribution in [3.8, 4) is 0 Å². The van der Waals surface area contributed by atoms with E-state index < -0.39 is 12.1 Å². The highest BCUT2D eigenvalue weighted by atomic mass is 35.5. The molecule has 0 aromatic heterocycles. The topological polar surface area (TPSA) is 83.1 Å². The van der Waals surface area contributed by atoms with E-state index in [1.807, 2.05) is 0 Å². The fourth-order valence-electron chi connectivity index (χ4n) is 3.95. The third kappa shape index (κ3) is 8.83. The van der Waals surface area contributed by atoms with Crippen LogP contribution in [0.4, 0.5) is 0 Å². The van der Waals surface area contributed by atoms with Gasteiger partial charge in [0.25, 0.3) is 0 Å². The molecule has 3 saturated heterocycles. The van der Waals surface area contributed by atoms with Crippen LogP contribution in [0.5, 0.6) is 0 Å². The lowest BCUT2D eigenvalue weighted by Gasteiger charge is -2.40. The van der Waals surface area contributed by atoms with Crippen LogP contribution in [0.1, 0.15) is 32.6 Å². The van der Waals surface area contributed by atoms with Crippen LogP contribution in [0.2, 0.25) is 0 Å². The van der Waals surface area contributed by atoms with Gasteiger partial charge in [0, 0.05) is 32.2 Å². The van der Waals surface area contributed by atoms with Crippen LogP contribution in [-0.2, 0) is 19.2 Å². The maximum absolute atomic E-state index is 12.5. The molecule has 3 aliphatic heterocycles. The van der Waals surface area contributed by atoms with Gasteiger partial charge in [-0.25, -0.2) is 4.79 Å². The third-order valence-corrected chi connectivity index (χ3v) is 5.52. The SMILES string of the molecule is CC(=O)C(OC1CCNCC1)C(=O)ON1CCN(C2CCNCC2)CC1.Cl.Cl.Cl. The number of hydroxylamine groups is 2. The molecular weight excluding hydrogens is 443 g/mol. The molecule has 3 fully saturated rings. The van der Waals surface area contributed by atoms with E-state index in [1.165, 1.54) is 19.8 Å². The molecule has 0 aromatic carbocycles. The van der Waals surface area contributed by atoms with Crippen LogP contribution in [0.25, 0.3) is 0 Å². The molecular formula is C18H35Cl3N4O4. The lowest BCUT2D eigenvalue weighted by atomic mass is 10.0. The van der Waals surface area contributed by atoms with Gasteiger partial charge < -0.3 is 20.2 Å². The van der Waals surface area contributed by atoms with E-state index in [9.17, 15) is 9.59 Å². The highest BCUT2D eigenvalue weighted by Crippen LogP contribution is 2.16. The molecule has 0 bridgehead atoms. The van der Waals surface area contributed by atoms with Crippen molar-refractivity contribution in [2.75, 3.05) is 52.4 Å². The standard InChI is InChI=1S/C18H32N4O4.3ClH/c1-14(23)17(25-16-4-8-20-9-5-16)18(24)26-22-12-10-21(11-13-22)15-2-6-19-7-3-15;;;/h15-17,19-20H,2-13H2,1H3;3*1H. The van der Waals surface area contributed by atoms with Crippen LogP contribution in [0.3, 0.4) is 0 Å². The van der Waals surface area contributed by atoms with Gasteiger partial charge in [-0.05, 0) is 58.8 Å². The summed E-state index contributed by atoms with van der Waals surface area (Å²) in [5.74, 6) is -0.867. The summed E-state index contributed by atoms with van der Waals surface area (Å²) in [6.45, 7) is 8.37. The molecule has 3 heterocycles. The van der Waals surface area contributed by atoms with Gasteiger partial charge in [-0.3, -0.25) is 9.69 Å². The molecule has 3 aliphatic rings. The minimum absolute atomic E-state index is 0. The van der Waals surface area contributed by atoms with E-state index in [4.69, 9.17) is 9.57 Å². The molecule has 1 unspecified atom stereocenters. The Labute approximate surface area is 192 Å². The number of piperazine rings is 1. The average molecular weight is 478 g/mol. The molecule has 172 valence electrons. The first-order valence-corrected chi connectivity index (χ1v) is 9.91. The lowest BCUT2D eigenvalue weighted by Crippen LogP contribution is -2.53. The van der Waals surface area contributed by atoms with Gasteiger partial charge in [-0.15, -0.1) is 42.3 Å². The fourth-order valence-corrected chi connectivity index (χ4v) is 3.95. The van der Waals surface area contributed by atoms with Crippen molar-refractivity contribution in [3.05, 3.63) is 0 Å². The third-order valence-electron chi connectivity index (χ3n) is 5.52. The zero-order valence-electron chi connectivity index (χ0n) is 17.0. The normalized spacial score (nSPS) is 23.1. The first kappa shape index (κ1) is 28.8. The van der Waals surface area contributed by atoms with E-state index in [-0.39, 0.29) is 49.1 Å². The van der Waals surface area contributed by atoms with Crippen molar-refractivity contribution >= 4 is 49.0 Å². The highest BCUT2D eigenvalue weighted by Gasteiger charge is 2.33. The summed E-state index contributed by atoms with van der Waals surface area (Å²) in [6, 6.07) is 0.627. The molecule has 0 radical (unpaired) electrons. The molecule has 0 amide bonds. The number of rotatable bonds is 6. The predicted molar refractivity (Wildman–Crippen MR) is 118 cm³/mol. The summed E-state index contributed by atoms with van der Waals surface area (Å²) in [7, 11) is 0. The van der Waals surface area contributed by atoms with Crippen molar-refractivity contribution in [2.24, 2.45) is 0 Å². The van der Waals surface area contributed by atoms with Gasteiger partial charge in [-0.2, -0.15) is 0 Å². The number of Topliss-reactive ketones (excluding diaryl/α,β-unsaturated/α-hetero) is 1. The number of ketones is 1. The molecule has 1 atom stereocenters. The Bertz CT molecular complexity index is 484. The van der Waals surface area contributed by atoms with Crippen LogP contribution in [-0.4, -0.2) is 92.3 Å². The number of hydrogen-bond acceptors (Lipinski definition) is 8. The summed E-state index contributed by atoms with van der Waals surface area (Å²) in [5.41, 5.74) is 0. The Morgan fingerprint density at radius 3 is 1.90 bits per heavy atom. The number of carbonyl (C=O) groups is 2. The van der Waals surface area contributed by atoms with Gasteiger partial charge >= 0.3 is 5.97 Å². The number of nitrogens with zero attached hydrogens (tertiary/aromatic N) is 2. The summed E-state index contributed by atoms with van der Waals surface area (Å²) >= 11 is 0. The van der Waals surface area contributed by atoms with Crippen LogP contribution in [0.15, 0.2) is 0 Å². The van der Waals surface area contributed by atoms with E-state index in [2.05, 4.69) is 15.5 Å². The smallest absolute Gasteiger partial charge is 0.361 e. The van der Waals surface area contributed by atoms with Gasteiger partial charge in [0.1, 0.15) is 0 Å². The van der Waals surface area contributed by atoms with Crippen LogP contribution < -0.4 is 10.6 Å². The molecule has 2 N–H and O–H groups in total. The zero-order chi connectivity index (χ0) is 18.4. The molecule has 0 saturated carbocycles. The Kier molecular flexibility index (Phi) is 14.7. The van der Waals surface area contributed by atoms with Gasteiger partial charge in [0.15, 0.2) is 5.78 Å². The van der Waals surface area contributed by atoms with Crippen molar-refractivity contribution in [1.29, 1.82) is 0 Å². The largest absolute Gasteiger partial charge is 0.365 e. The molecule has 0 spiro atoms. The summed E-state index contributed by atoms with van der Waals surface area (Å²) < 4.78 is 5.76. The van der Waals surface area contributed by atoms with Crippen molar-refractivity contribution in [2.45, 2.75) is 50.9 Å². The van der Waals surface area contributed by atoms with Crippen molar-refractivity contribution < 1.29 is 19.2 Å². The van der Waals surface area contributed by atoms with Crippen molar-refractivity contribution in [1.82, 2.24) is 20.6 Å². The van der Waals surface area contributed by atoms with E-state index >= 15 is 0 Å². The quantitative estimate of drug-likeness (QED) is 0.544. The second-order valence-corrected chi connectivity index (χ2v) is 7.43. The molecule has 0 aliphatic carbocycles. The second-order valence-electron chi connectivity index (χ2n) is 7.43. The first-order chi connectivity index (χ1) is 12.6. The second kappa shape index (κ2) is 14.8. The summed E-state index contributed by atoms with van der Waals surface area (Å²) in [4.78, 5) is 32.3. The molecule has 0 aromatic rings. The Balaban J connectivity index is 0.00000261. The number of halogens is 3. The van der Waals surface area contributed by atoms with Gasteiger partial charge in [0.2, 0.25) is 6.10 Å². The van der Waals surface area contributed by atoms with Crippen LogP contribution >= 0.6 is 37.2 Å². The maximum atomic E-state index is 12.5. The number of carbonyl (C=O) groups excluding carboxylic acids is 2. The number of nitrogens with one attached hydrogen (secondary N) is 2. The zero-order valence-corrected chi connectivity index (χ0v) is 19.4. The van der Waals surface area contributed by atoms with Crippen LogP contribution in [0, 0.1) is 0 Å². The number of hydrogen-bond donors (Lipinski definition) is 2. The molecule has 29 heavy (non-hydrogen) atoms. The monoisotopic (exact) mass is 476 g/mol. The van der Waals surface area contributed by atoms with Crippen molar-refractivity contribution in [3.63, 3.8) is 0 Å². The Morgan fingerprint density at radius 1 is 0.862 bits per heavy atom. The average Bonchev–Trinajstić information content (AvgIpc) is 2.68. The number of piperidine rings is 2. The molecule has 11 heteroatoms. The number of ether oxygens (including phenoxy) is 1. The minimum atomic E-state index is -1.11. The molecule has 8 nitrogen and oxygen atoms in total. The molecule has 3 rings (SSSR count). The van der Waals surface area contributed by atoms with E-state index in [1.54, 1.807) is 5.06 Å². The Hall–Kier alpha value is -0.190. The van der Waals surface area contributed by atoms with Gasteiger partial charge in [-0.1, -0.05) is 0 Å². The first-order valence-electron chi connectivity index (χ1n) is 9.91. The Morgan fingerprint density at radius 2 is 1.38 bits per heavy atom. The van der Waals surface area contributed by atoms with E-state index in [0.29, 0.717) is 19.1 Å². The lowest BCUT2D eigenvalue weighted by molar-refractivity contribution is -0.212. The maximum Gasteiger partial charge on any atom is 0.361 e.